The smallest absolute Gasteiger partial charge is 0.0368 e. The molecular weight excluding hydrogens is 158 g/mol. The van der Waals surface area contributed by atoms with Crippen LogP contribution in [0.2, 0.25) is 0 Å². The topological polar surface area (TPSA) is 12.4 Å². The summed E-state index contributed by atoms with van der Waals surface area (Å²) in [6, 6.07) is 0. The Morgan fingerprint density at radius 2 is 2.31 bits per heavy atom. The SMILES string of the molecule is C=N/C(C)=C\C1=C(C)CC(C)CC1. The molecule has 1 heteroatoms. The van der Waals surface area contributed by atoms with Crippen molar-refractivity contribution in [3.05, 3.63) is 22.9 Å². The van der Waals surface area contributed by atoms with Gasteiger partial charge in [0.2, 0.25) is 0 Å². The zero-order valence-electron chi connectivity index (χ0n) is 8.93. The number of rotatable bonds is 2. The molecule has 1 aliphatic carbocycles. The molecule has 0 N–H and O–H groups in total. The van der Waals surface area contributed by atoms with Gasteiger partial charge in [-0.05, 0) is 57.4 Å². The lowest BCUT2D eigenvalue weighted by atomic mass is 9.85. The van der Waals surface area contributed by atoms with Crippen LogP contribution in [0, 0.1) is 5.92 Å². The predicted octanol–water partition coefficient (Wildman–Crippen LogP) is 3.73. The predicted molar refractivity (Wildman–Crippen MR) is 59.0 cm³/mol. The van der Waals surface area contributed by atoms with Gasteiger partial charge in [-0.15, -0.1) is 0 Å². The van der Waals surface area contributed by atoms with Gasteiger partial charge in [0, 0.05) is 5.70 Å². The molecule has 0 heterocycles. The van der Waals surface area contributed by atoms with E-state index in [4.69, 9.17) is 0 Å². The van der Waals surface area contributed by atoms with Gasteiger partial charge in [-0.2, -0.15) is 0 Å². The van der Waals surface area contributed by atoms with Crippen molar-refractivity contribution in [2.75, 3.05) is 0 Å². The van der Waals surface area contributed by atoms with Crippen LogP contribution in [-0.2, 0) is 0 Å². The molecule has 1 unspecified atom stereocenters. The highest BCUT2D eigenvalue weighted by molar-refractivity contribution is 5.34. The maximum absolute atomic E-state index is 3.91. The Bertz CT molecular complexity index is 258. The molecule has 0 fully saturated rings. The molecule has 0 aromatic rings. The van der Waals surface area contributed by atoms with Crippen LogP contribution in [0.4, 0.5) is 0 Å². The van der Waals surface area contributed by atoms with E-state index in [2.05, 4.69) is 31.6 Å². The lowest BCUT2D eigenvalue weighted by Gasteiger charge is -2.21. The van der Waals surface area contributed by atoms with Crippen LogP contribution in [-0.4, -0.2) is 6.72 Å². The fraction of sp³-hybridized carbons (Fsp3) is 0.583. The second kappa shape index (κ2) is 4.40. The van der Waals surface area contributed by atoms with Crippen molar-refractivity contribution in [1.29, 1.82) is 0 Å². The van der Waals surface area contributed by atoms with Gasteiger partial charge in [-0.1, -0.05) is 12.5 Å². The highest BCUT2D eigenvalue weighted by Crippen LogP contribution is 2.29. The Morgan fingerprint density at radius 3 is 2.85 bits per heavy atom. The minimum absolute atomic E-state index is 0.856. The maximum atomic E-state index is 3.91. The van der Waals surface area contributed by atoms with E-state index in [1.165, 1.54) is 30.4 Å². The molecule has 0 aromatic carbocycles. The van der Waals surface area contributed by atoms with Crippen molar-refractivity contribution in [2.45, 2.75) is 40.0 Å². The van der Waals surface area contributed by atoms with Gasteiger partial charge in [0.1, 0.15) is 0 Å². The number of hydrogen-bond acceptors (Lipinski definition) is 1. The van der Waals surface area contributed by atoms with Gasteiger partial charge in [-0.3, -0.25) is 4.99 Å². The Morgan fingerprint density at radius 1 is 1.62 bits per heavy atom. The minimum atomic E-state index is 0.856. The van der Waals surface area contributed by atoms with Gasteiger partial charge in [-0.25, -0.2) is 0 Å². The highest BCUT2D eigenvalue weighted by atomic mass is 14.7. The standard InChI is InChI=1S/C12H19N/c1-9-5-6-12(10(2)7-9)8-11(3)13-4/h8-9H,4-7H2,1-3H3/b11-8-. The molecule has 0 amide bonds. The van der Waals surface area contributed by atoms with Crippen molar-refractivity contribution in [1.82, 2.24) is 0 Å². The van der Waals surface area contributed by atoms with E-state index in [-0.39, 0.29) is 0 Å². The molecule has 0 aliphatic heterocycles. The quantitative estimate of drug-likeness (QED) is 0.570. The van der Waals surface area contributed by atoms with Crippen molar-refractivity contribution >= 4 is 6.72 Å². The molecular formula is C12H19N. The first-order chi connectivity index (χ1) is 6.13. The summed E-state index contributed by atoms with van der Waals surface area (Å²) in [5.41, 5.74) is 4.04. The van der Waals surface area contributed by atoms with Gasteiger partial charge >= 0.3 is 0 Å². The molecule has 1 nitrogen and oxygen atoms in total. The van der Waals surface area contributed by atoms with Crippen molar-refractivity contribution in [3.63, 3.8) is 0 Å². The molecule has 0 aromatic heterocycles. The van der Waals surface area contributed by atoms with Crippen molar-refractivity contribution in [2.24, 2.45) is 10.9 Å². The van der Waals surface area contributed by atoms with E-state index >= 15 is 0 Å². The minimum Gasteiger partial charge on any atom is -0.269 e. The fourth-order valence-corrected chi connectivity index (χ4v) is 1.86. The molecule has 0 bridgehead atoms. The summed E-state index contributed by atoms with van der Waals surface area (Å²) in [7, 11) is 0. The second-order valence-corrected chi connectivity index (χ2v) is 4.10. The fourth-order valence-electron chi connectivity index (χ4n) is 1.86. The Kier molecular flexibility index (Phi) is 3.47. The third-order valence-electron chi connectivity index (χ3n) is 2.74. The van der Waals surface area contributed by atoms with Crippen LogP contribution in [0.15, 0.2) is 27.9 Å². The van der Waals surface area contributed by atoms with Crippen LogP contribution in [0.5, 0.6) is 0 Å². The average Bonchev–Trinajstić information content (AvgIpc) is 2.09. The summed E-state index contributed by atoms with van der Waals surface area (Å²) in [6.07, 6.45) is 5.94. The monoisotopic (exact) mass is 177 g/mol. The first-order valence-electron chi connectivity index (χ1n) is 4.97. The maximum Gasteiger partial charge on any atom is 0.0368 e. The highest BCUT2D eigenvalue weighted by Gasteiger charge is 2.13. The second-order valence-electron chi connectivity index (χ2n) is 4.10. The van der Waals surface area contributed by atoms with Crippen LogP contribution in [0.3, 0.4) is 0 Å². The number of hydrogen-bond donors (Lipinski definition) is 0. The van der Waals surface area contributed by atoms with E-state index in [0.29, 0.717) is 0 Å². The molecule has 0 saturated heterocycles. The third-order valence-corrected chi connectivity index (χ3v) is 2.74. The van der Waals surface area contributed by atoms with Gasteiger partial charge in [0.25, 0.3) is 0 Å². The summed E-state index contributed by atoms with van der Waals surface area (Å²) >= 11 is 0. The molecule has 0 spiro atoms. The van der Waals surface area contributed by atoms with E-state index in [1.807, 2.05) is 6.92 Å². The summed E-state index contributed by atoms with van der Waals surface area (Å²) in [5.74, 6) is 0.856. The number of allylic oxidation sites excluding steroid dienone is 4. The molecule has 0 saturated carbocycles. The Hall–Kier alpha value is -0.850. The van der Waals surface area contributed by atoms with Crippen LogP contribution >= 0.6 is 0 Å². The normalized spacial score (nSPS) is 24.8. The summed E-state index contributed by atoms with van der Waals surface area (Å²) in [5, 5.41) is 0. The van der Waals surface area contributed by atoms with E-state index in [9.17, 15) is 0 Å². The van der Waals surface area contributed by atoms with E-state index < -0.39 is 0 Å². The summed E-state index contributed by atoms with van der Waals surface area (Å²) < 4.78 is 0. The zero-order chi connectivity index (χ0) is 9.84. The van der Waals surface area contributed by atoms with Gasteiger partial charge < -0.3 is 0 Å². The van der Waals surface area contributed by atoms with E-state index in [1.54, 1.807) is 0 Å². The molecule has 1 aliphatic rings. The Labute approximate surface area is 81.3 Å². The first-order valence-corrected chi connectivity index (χ1v) is 4.97. The molecule has 0 radical (unpaired) electrons. The average molecular weight is 177 g/mol. The molecule has 72 valence electrons. The van der Waals surface area contributed by atoms with Crippen LogP contribution in [0.1, 0.15) is 40.0 Å². The summed E-state index contributed by atoms with van der Waals surface area (Å²) in [4.78, 5) is 3.91. The van der Waals surface area contributed by atoms with Crippen molar-refractivity contribution in [3.8, 4) is 0 Å². The van der Waals surface area contributed by atoms with Crippen LogP contribution < -0.4 is 0 Å². The van der Waals surface area contributed by atoms with Gasteiger partial charge in [0.05, 0.1) is 0 Å². The molecule has 1 atom stereocenters. The van der Waals surface area contributed by atoms with E-state index in [0.717, 1.165) is 11.6 Å². The third kappa shape index (κ3) is 2.83. The lowest BCUT2D eigenvalue weighted by Crippen LogP contribution is -2.04. The number of aliphatic imine (C=N–C) groups is 1. The van der Waals surface area contributed by atoms with Gasteiger partial charge in [0.15, 0.2) is 0 Å². The van der Waals surface area contributed by atoms with Crippen molar-refractivity contribution < 1.29 is 0 Å². The molecule has 13 heavy (non-hydrogen) atoms. The summed E-state index contributed by atoms with van der Waals surface area (Å²) in [6.45, 7) is 10.1. The zero-order valence-corrected chi connectivity index (χ0v) is 8.93. The first kappa shape index (κ1) is 10.2. The Balaban J connectivity index is 2.80. The molecule has 1 rings (SSSR count). The lowest BCUT2D eigenvalue weighted by molar-refractivity contribution is 0.500. The van der Waals surface area contributed by atoms with Crippen LogP contribution in [0.25, 0.3) is 0 Å². The number of nitrogens with zero attached hydrogens (tertiary/aromatic N) is 1. The largest absolute Gasteiger partial charge is 0.269 e.